The lowest BCUT2D eigenvalue weighted by Crippen LogP contribution is -2.59. The van der Waals surface area contributed by atoms with Crippen molar-refractivity contribution < 1.29 is 64.2 Å². The summed E-state index contributed by atoms with van der Waals surface area (Å²) in [5.74, 6) is -19.7. The van der Waals surface area contributed by atoms with Crippen LogP contribution in [0.25, 0.3) is 0 Å². The van der Waals surface area contributed by atoms with E-state index in [4.69, 9.17) is 32.7 Å². The third-order valence-corrected chi connectivity index (χ3v) is 7.55. The molecule has 2 rings (SSSR count). The van der Waals surface area contributed by atoms with E-state index < -0.39 is 90.2 Å². The van der Waals surface area contributed by atoms with Gasteiger partial charge in [0.05, 0.1) is 29.8 Å². The molecule has 0 aromatic heterocycles. The van der Waals surface area contributed by atoms with Crippen molar-refractivity contribution in [1.29, 1.82) is 0 Å². The van der Waals surface area contributed by atoms with Crippen LogP contribution in [0, 0.1) is 5.92 Å². The Labute approximate surface area is 290 Å². The minimum Gasteiger partial charge on any atom is -0.497 e. The molecule has 50 heavy (non-hydrogen) atoms. The molecule has 0 aliphatic heterocycles. The van der Waals surface area contributed by atoms with Crippen LogP contribution in [-0.4, -0.2) is 81.0 Å². The van der Waals surface area contributed by atoms with E-state index in [1.807, 2.05) is 5.32 Å². The lowest BCUT2D eigenvalue weighted by molar-refractivity contribution is -0.165. The number of hydrogen-bond acceptors (Lipinski definition) is 7. The molecule has 0 unspecified atom stereocenters. The van der Waals surface area contributed by atoms with Crippen molar-refractivity contribution in [2.45, 2.75) is 50.0 Å². The van der Waals surface area contributed by atoms with Crippen LogP contribution in [0.15, 0.2) is 42.5 Å². The van der Waals surface area contributed by atoms with Gasteiger partial charge in [0.2, 0.25) is 17.6 Å². The second-order valence-corrected chi connectivity index (χ2v) is 11.7. The first kappa shape index (κ1) is 42.0. The fraction of sp³-hybridized carbons (Fsp3) is 0.433. The fourth-order valence-corrected chi connectivity index (χ4v) is 4.43. The van der Waals surface area contributed by atoms with Crippen molar-refractivity contribution in [3.8, 4) is 5.75 Å². The number of amides is 4. The molecular formula is C30H31Cl2F7N4O7. The highest BCUT2D eigenvalue weighted by Crippen LogP contribution is 2.33. The van der Waals surface area contributed by atoms with Gasteiger partial charge in [-0.25, -0.2) is 0 Å². The fourth-order valence-electron chi connectivity index (χ4n) is 4.13. The van der Waals surface area contributed by atoms with Gasteiger partial charge in [0.1, 0.15) is 24.4 Å². The van der Waals surface area contributed by atoms with E-state index in [1.54, 1.807) is 5.32 Å². The summed E-state index contributed by atoms with van der Waals surface area (Å²) in [6.45, 7) is -0.548. The summed E-state index contributed by atoms with van der Waals surface area (Å²) in [6, 6.07) is 1.67. The number of ketones is 1. The Balaban J connectivity index is 2.41. The van der Waals surface area contributed by atoms with Gasteiger partial charge in [-0.2, -0.15) is 30.7 Å². The van der Waals surface area contributed by atoms with Gasteiger partial charge in [-0.1, -0.05) is 55.2 Å². The van der Waals surface area contributed by atoms with E-state index in [1.165, 1.54) is 45.2 Å². The van der Waals surface area contributed by atoms with Crippen LogP contribution in [0.3, 0.4) is 0 Å². The smallest absolute Gasteiger partial charge is 0.405 e. The van der Waals surface area contributed by atoms with E-state index in [-0.39, 0.29) is 21.4 Å². The van der Waals surface area contributed by atoms with Crippen LogP contribution >= 0.6 is 23.2 Å². The minimum absolute atomic E-state index is 0.0788. The molecule has 0 bridgehead atoms. The van der Waals surface area contributed by atoms with Crippen molar-refractivity contribution in [2.24, 2.45) is 5.92 Å². The van der Waals surface area contributed by atoms with Gasteiger partial charge in [0.15, 0.2) is 0 Å². The normalized spacial score (nSPS) is 13.9. The number of rotatable bonds is 16. The van der Waals surface area contributed by atoms with Gasteiger partial charge in [-0.15, -0.1) is 0 Å². The van der Waals surface area contributed by atoms with Gasteiger partial charge in [-0.3, -0.25) is 24.0 Å². The van der Waals surface area contributed by atoms with Gasteiger partial charge in [0, 0.05) is 12.7 Å². The molecule has 0 saturated heterocycles. The van der Waals surface area contributed by atoms with Crippen LogP contribution in [-0.2, 0) is 34.6 Å². The van der Waals surface area contributed by atoms with E-state index in [2.05, 4.69) is 5.32 Å². The highest BCUT2D eigenvalue weighted by atomic mass is 35.5. The van der Waals surface area contributed by atoms with Gasteiger partial charge in [0.25, 0.3) is 11.8 Å². The number of ether oxygens (including phenoxy) is 2. The number of alkyl halides is 7. The average Bonchev–Trinajstić information content (AvgIpc) is 3.04. The standard InChI is InChI=1S/C30H31Cl2F7N4O7/c1-14(2)21(23(44)30(38,39)26(47)40-13-28(33,34)35)42-25(46)22(15-5-8-17(50-4)9-6-15)43-24(45)20(12-49-3)41-27(48)29(36,37)16-7-10-18(31)19(32)11-16/h5-11,14,20-22H,12-13H2,1-4H3,(H,40,47)(H,41,48)(H,42,46)(H,43,45)/t20-,21-,22-/m0/s1. The number of methoxy groups -OCH3 is 2. The van der Waals surface area contributed by atoms with E-state index in [0.29, 0.717) is 0 Å². The molecule has 0 heterocycles. The lowest BCUT2D eigenvalue weighted by atomic mass is 9.94. The molecule has 0 aliphatic carbocycles. The number of hydrogen-bond donors (Lipinski definition) is 4. The number of carbonyl (C=O) groups excluding carboxylic acids is 5. The summed E-state index contributed by atoms with van der Waals surface area (Å²) in [5, 5.41) is 6.49. The number of carbonyl (C=O) groups is 5. The summed E-state index contributed by atoms with van der Waals surface area (Å²) < 4.78 is 107. The van der Waals surface area contributed by atoms with Crippen LogP contribution in [0.5, 0.6) is 5.75 Å². The van der Waals surface area contributed by atoms with E-state index in [9.17, 15) is 45.9 Å². The molecule has 276 valence electrons. The first-order chi connectivity index (χ1) is 23.1. The SMILES string of the molecule is COC[C@H](NC(=O)C(F)(F)c1ccc(Cl)c(Cl)c1)C(=O)N[C@H](C(=O)N[C@H](C(=O)C(F)(F)C(=O)NCC(F)(F)F)C(C)C)c1ccc(OC)cc1. The third-order valence-electron chi connectivity index (χ3n) is 6.81. The number of halogens is 9. The highest BCUT2D eigenvalue weighted by molar-refractivity contribution is 6.42. The molecule has 0 aliphatic rings. The van der Waals surface area contributed by atoms with Crippen LogP contribution < -0.4 is 26.0 Å². The molecular weight excluding hydrogens is 732 g/mol. The molecule has 20 heteroatoms. The Morgan fingerprint density at radius 3 is 1.88 bits per heavy atom. The maximum absolute atomic E-state index is 15.1. The quantitative estimate of drug-likeness (QED) is 0.149. The predicted octanol–water partition coefficient (Wildman–Crippen LogP) is 4.11. The maximum Gasteiger partial charge on any atom is 0.405 e. The van der Waals surface area contributed by atoms with Crippen molar-refractivity contribution in [1.82, 2.24) is 21.3 Å². The minimum atomic E-state index is -5.08. The van der Waals surface area contributed by atoms with Gasteiger partial charge in [-0.05, 0) is 35.7 Å². The first-order valence-corrected chi connectivity index (χ1v) is 15.0. The molecule has 4 N–H and O–H groups in total. The second-order valence-electron chi connectivity index (χ2n) is 10.9. The lowest BCUT2D eigenvalue weighted by Gasteiger charge is -2.28. The molecule has 0 radical (unpaired) electrons. The van der Waals surface area contributed by atoms with E-state index >= 15 is 8.78 Å². The summed E-state index contributed by atoms with van der Waals surface area (Å²) in [7, 11) is 2.36. The predicted molar refractivity (Wildman–Crippen MR) is 164 cm³/mol. The Bertz CT molecular complexity index is 1560. The van der Waals surface area contributed by atoms with Crippen molar-refractivity contribution in [2.75, 3.05) is 27.4 Å². The van der Waals surface area contributed by atoms with Crippen LogP contribution in [0.2, 0.25) is 10.0 Å². The Hall–Kier alpha value is -4.16. The summed E-state index contributed by atoms with van der Waals surface area (Å²) >= 11 is 11.5. The van der Waals surface area contributed by atoms with Gasteiger partial charge < -0.3 is 30.7 Å². The highest BCUT2D eigenvalue weighted by Gasteiger charge is 2.52. The summed E-state index contributed by atoms with van der Waals surface area (Å²) in [5.41, 5.74) is -0.963. The Kier molecular flexibility index (Phi) is 14.4. The maximum atomic E-state index is 15.1. The zero-order valence-corrected chi connectivity index (χ0v) is 28.0. The Morgan fingerprint density at radius 1 is 0.780 bits per heavy atom. The van der Waals surface area contributed by atoms with Crippen molar-refractivity contribution in [3.05, 3.63) is 63.6 Å². The molecule has 2 aromatic carbocycles. The average molecular weight is 763 g/mol. The van der Waals surface area contributed by atoms with E-state index in [0.717, 1.165) is 30.6 Å². The summed E-state index contributed by atoms with van der Waals surface area (Å²) in [6.07, 6.45) is -5.08. The van der Waals surface area contributed by atoms with Crippen molar-refractivity contribution >= 4 is 52.6 Å². The third kappa shape index (κ3) is 10.9. The number of Topliss-reactive ketones (excluding diaryl/α,β-unsaturated/α-hetero) is 1. The Morgan fingerprint density at radius 2 is 1.38 bits per heavy atom. The molecule has 0 fully saturated rings. The first-order valence-electron chi connectivity index (χ1n) is 14.2. The monoisotopic (exact) mass is 762 g/mol. The number of benzene rings is 2. The van der Waals surface area contributed by atoms with Gasteiger partial charge >= 0.3 is 18.0 Å². The second kappa shape index (κ2) is 17.2. The number of nitrogens with one attached hydrogen (secondary N) is 4. The van der Waals surface area contributed by atoms with Crippen molar-refractivity contribution in [3.63, 3.8) is 0 Å². The zero-order valence-electron chi connectivity index (χ0n) is 26.5. The largest absolute Gasteiger partial charge is 0.497 e. The molecule has 2 aromatic rings. The molecule has 0 spiro atoms. The zero-order chi connectivity index (χ0) is 38.2. The topological polar surface area (TPSA) is 152 Å². The summed E-state index contributed by atoms with van der Waals surface area (Å²) in [4.78, 5) is 64.3. The molecule has 0 saturated carbocycles. The van der Waals surface area contributed by atoms with Crippen LogP contribution in [0.1, 0.15) is 31.0 Å². The molecule has 11 nitrogen and oxygen atoms in total. The molecule has 4 amide bonds. The molecule has 3 atom stereocenters. The van der Waals surface area contributed by atoms with Crippen LogP contribution in [0.4, 0.5) is 30.7 Å².